The molecule has 0 aliphatic carbocycles. The van der Waals surface area contributed by atoms with Crippen molar-refractivity contribution < 1.29 is 9.18 Å². The van der Waals surface area contributed by atoms with Crippen molar-refractivity contribution in [1.82, 2.24) is 14.8 Å². The number of hydrogen-bond donors (Lipinski definition) is 1. The summed E-state index contributed by atoms with van der Waals surface area (Å²) in [6.45, 7) is 3.63. The van der Waals surface area contributed by atoms with Crippen LogP contribution in [0.25, 0.3) is 11.8 Å². The second-order valence-electron chi connectivity index (χ2n) is 5.66. The number of pyridine rings is 1. The second kappa shape index (κ2) is 7.49. The first-order valence-electron chi connectivity index (χ1n) is 7.88. The summed E-state index contributed by atoms with van der Waals surface area (Å²) >= 11 is 6.38. The Morgan fingerprint density at radius 3 is 2.62 bits per heavy atom. The number of halogens is 2. The predicted molar refractivity (Wildman–Crippen MR) is 99.9 cm³/mol. The van der Waals surface area contributed by atoms with E-state index in [1.807, 2.05) is 19.1 Å². The highest BCUT2D eigenvalue weighted by molar-refractivity contribution is 6.31. The summed E-state index contributed by atoms with van der Waals surface area (Å²) < 4.78 is 14.6. The van der Waals surface area contributed by atoms with Crippen molar-refractivity contribution in [2.24, 2.45) is 0 Å². The third-order valence-corrected chi connectivity index (χ3v) is 4.02. The van der Waals surface area contributed by atoms with Crippen molar-refractivity contribution in [3.8, 4) is 5.69 Å². The molecule has 3 aromatic rings. The molecule has 2 aromatic heterocycles. The summed E-state index contributed by atoms with van der Waals surface area (Å²) in [5.41, 5.74) is 2.71. The Hall–Kier alpha value is -2.99. The monoisotopic (exact) mass is 370 g/mol. The number of hydrogen-bond acceptors (Lipinski definition) is 3. The van der Waals surface area contributed by atoms with E-state index in [2.05, 4.69) is 15.4 Å². The van der Waals surface area contributed by atoms with Gasteiger partial charge in [-0.1, -0.05) is 17.7 Å². The number of aryl methyl sites for hydroxylation is 2. The Bertz CT molecular complexity index is 980. The minimum Gasteiger partial charge on any atom is -0.307 e. The molecular formula is C19H16ClFN4O. The Kier molecular flexibility index (Phi) is 5.14. The minimum absolute atomic E-state index is 0.326. The van der Waals surface area contributed by atoms with Crippen molar-refractivity contribution in [3.63, 3.8) is 0 Å². The van der Waals surface area contributed by atoms with Gasteiger partial charge in [0.25, 0.3) is 0 Å². The van der Waals surface area contributed by atoms with Crippen LogP contribution in [0.1, 0.15) is 17.0 Å². The molecule has 1 aromatic carbocycles. The SMILES string of the molecule is Cc1cccc(NC(=O)/C=C/c2c(C)nn(-c3ccc(F)cc3)c2Cl)n1. The van der Waals surface area contributed by atoms with Gasteiger partial charge in [-0.25, -0.2) is 14.1 Å². The van der Waals surface area contributed by atoms with Crippen molar-refractivity contribution >= 4 is 29.4 Å². The van der Waals surface area contributed by atoms with Gasteiger partial charge in [0, 0.05) is 17.3 Å². The normalized spacial score (nSPS) is 11.1. The van der Waals surface area contributed by atoms with Gasteiger partial charge in [0.2, 0.25) is 5.91 Å². The summed E-state index contributed by atoms with van der Waals surface area (Å²) in [7, 11) is 0. The van der Waals surface area contributed by atoms with Crippen LogP contribution in [-0.4, -0.2) is 20.7 Å². The Balaban J connectivity index is 1.80. The van der Waals surface area contributed by atoms with E-state index < -0.39 is 0 Å². The Morgan fingerprint density at radius 2 is 1.92 bits per heavy atom. The van der Waals surface area contributed by atoms with E-state index in [-0.39, 0.29) is 11.7 Å². The average molecular weight is 371 g/mol. The predicted octanol–water partition coefficient (Wildman–Crippen LogP) is 4.33. The molecular weight excluding hydrogens is 355 g/mol. The van der Waals surface area contributed by atoms with E-state index in [0.29, 0.717) is 27.9 Å². The second-order valence-corrected chi connectivity index (χ2v) is 6.02. The van der Waals surface area contributed by atoms with Gasteiger partial charge in [-0.3, -0.25) is 4.79 Å². The lowest BCUT2D eigenvalue weighted by Crippen LogP contribution is -2.09. The smallest absolute Gasteiger partial charge is 0.249 e. The quantitative estimate of drug-likeness (QED) is 0.695. The zero-order valence-electron chi connectivity index (χ0n) is 14.2. The number of anilines is 1. The standard InChI is InChI=1S/C19H16ClFN4O/c1-12-4-3-5-17(22-12)23-18(26)11-10-16-13(2)24-25(19(16)20)15-8-6-14(21)7-9-15/h3-11H,1-2H3,(H,22,23,26)/b11-10+. The fraction of sp³-hybridized carbons (Fsp3) is 0.105. The van der Waals surface area contributed by atoms with Gasteiger partial charge in [0.05, 0.1) is 11.4 Å². The highest BCUT2D eigenvalue weighted by Gasteiger charge is 2.13. The van der Waals surface area contributed by atoms with Crippen LogP contribution in [0.5, 0.6) is 0 Å². The lowest BCUT2D eigenvalue weighted by molar-refractivity contribution is -0.111. The molecule has 0 saturated heterocycles. The Morgan fingerprint density at radius 1 is 1.19 bits per heavy atom. The molecule has 5 nitrogen and oxygen atoms in total. The molecule has 0 aliphatic heterocycles. The third-order valence-electron chi connectivity index (χ3n) is 3.66. The van der Waals surface area contributed by atoms with Crippen LogP contribution in [0, 0.1) is 19.7 Å². The van der Waals surface area contributed by atoms with Crippen molar-refractivity contribution in [3.05, 3.63) is 76.5 Å². The first-order valence-corrected chi connectivity index (χ1v) is 8.25. The number of rotatable bonds is 4. The van der Waals surface area contributed by atoms with Crippen LogP contribution >= 0.6 is 11.6 Å². The van der Waals surface area contributed by atoms with Gasteiger partial charge in [0.15, 0.2) is 0 Å². The van der Waals surface area contributed by atoms with Crippen LogP contribution in [0.15, 0.2) is 48.5 Å². The third kappa shape index (κ3) is 3.97. The first kappa shape index (κ1) is 17.8. The molecule has 0 atom stereocenters. The van der Waals surface area contributed by atoms with E-state index >= 15 is 0 Å². The molecule has 1 N–H and O–H groups in total. The average Bonchev–Trinajstić information content (AvgIpc) is 2.88. The summed E-state index contributed by atoms with van der Waals surface area (Å²) in [6, 6.07) is 11.2. The summed E-state index contributed by atoms with van der Waals surface area (Å²) in [6.07, 6.45) is 2.96. The lowest BCUT2D eigenvalue weighted by atomic mass is 10.2. The molecule has 0 spiro atoms. The number of carbonyl (C=O) groups excluding carboxylic acids is 1. The van der Waals surface area contributed by atoms with Crippen LogP contribution in [0.2, 0.25) is 5.15 Å². The van der Waals surface area contributed by atoms with E-state index in [4.69, 9.17) is 11.6 Å². The van der Waals surface area contributed by atoms with E-state index in [9.17, 15) is 9.18 Å². The fourth-order valence-corrected chi connectivity index (χ4v) is 2.73. The molecule has 0 radical (unpaired) electrons. The van der Waals surface area contributed by atoms with Gasteiger partial charge in [-0.05, 0) is 56.3 Å². The summed E-state index contributed by atoms with van der Waals surface area (Å²) in [4.78, 5) is 16.3. The Labute approximate surface area is 155 Å². The number of benzene rings is 1. The van der Waals surface area contributed by atoms with Crippen LogP contribution in [-0.2, 0) is 4.79 Å². The summed E-state index contributed by atoms with van der Waals surface area (Å²) in [5, 5.41) is 7.38. The van der Waals surface area contributed by atoms with Gasteiger partial charge < -0.3 is 5.32 Å². The zero-order valence-corrected chi connectivity index (χ0v) is 15.0. The summed E-state index contributed by atoms with van der Waals surface area (Å²) in [5.74, 6) is -0.187. The van der Waals surface area contributed by atoms with Gasteiger partial charge >= 0.3 is 0 Å². The van der Waals surface area contributed by atoms with Crippen molar-refractivity contribution in [2.75, 3.05) is 5.32 Å². The molecule has 0 fully saturated rings. The van der Waals surface area contributed by atoms with Crippen LogP contribution in [0.4, 0.5) is 10.2 Å². The zero-order chi connectivity index (χ0) is 18.7. The van der Waals surface area contributed by atoms with E-state index in [1.165, 1.54) is 22.9 Å². The number of nitrogens with one attached hydrogen (secondary N) is 1. The molecule has 132 valence electrons. The molecule has 1 amide bonds. The van der Waals surface area contributed by atoms with E-state index in [0.717, 1.165) is 5.69 Å². The van der Waals surface area contributed by atoms with Crippen LogP contribution in [0.3, 0.4) is 0 Å². The van der Waals surface area contributed by atoms with Crippen LogP contribution < -0.4 is 5.32 Å². The van der Waals surface area contributed by atoms with Crippen molar-refractivity contribution in [1.29, 1.82) is 0 Å². The van der Waals surface area contributed by atoms with Crippen molar-refractivity contribution in [2.45, 2.75) is 13.8 Å². The van der Waals surface area contributed by atoms with Gasteiger partial charge in [0.1, 0.15) is 16.8 Å². The molecule has 26 heavy (non-hydrogen) atoms. The largest absolute Gasteiger partial charge is 0.307 e. The van der Waals surface area contributed by atoms with Gasteiger partial charge in [-0.2, -0.15) is 5.10 Å². The number of aromatic nitrogens is 3. The molecule has 7 heteroatoms. The number of nitrogens with zero attached hydrogens (tertiary/aromatic N) is 3. The molecule has 3 rings (SSSR count). The molecule has 2 heterocycles. The molecule has 0 aliphatic rings. The molecule has 0 saturated carbocycles. The van der Waals surface area contributed by atoms with E-state index in [1.54, 1.807) is 31.2 Å². The lowest BCUT2D eigenvalue weighted by Gasteiger charge is -2.03. The topological polar surface area (TPSA) is 59.8 Å². The first-order chi connectivity index (χ1) is 12.4. The minimum atomic E-state index is -0.338. The van der Waals surface area contributed by atoms with Gasteiger partial charge in [-0.15, -0.1) is 0 Å². The highest BCUT2D eigenvalue weighted by atomic mass is 35.5. The number of amides is 1. The maximum Gasteiger partial charge on any atom is 0.249 e. The highest BCUT2D eigenvalue weighted by Crippen LogP contribution is 2.24. The number of carbonyl (C=O) groups is 1. The molecule has 0 bridgehead atoms. The molecule has 0 unspecified atom stereocenters. The maximum atomic E-state index is 13.1. The fourth-order valence-electron chi connectivity index (χ4n) is 2.39. The maximum absolute atomic E-state index is 13.1.